The average molecular weight is 254 g/mol. The van der Waals surface area contributed by atoms with Gasteiger partial charge in [0.05, 0.1) is 0 Å². The van der Waals surface area contributed by atoms with Crippen LogP contribution >= 0.6 is 11.6 Å². The minimum atomic E-state index is -0.258. The Morgan fingerprint density at radius 2 is 2.29 bits per heavy atom. The lowest BCUT2D eigenvalue weighted by Crippen LogP contribution is -2.33. The van der Waals surface area contributed by atoms with E-state index in [-0.39, 0.29) is 12.0 Å². The minimum Gasteiger partial charge on any atom is -0.368 e. The maximum absolute atomic E-state index is 11.7. The van der Waals surface area contributed by atoms with Gasteiger partial charge < -0.3 is 10.1 Å². The van der Waals surface area contributed by atoms with Crippen LogP contribution in [0.3, 0.4) is 0 Å². The molecule has 1 N–H and O–H groups in total. The Morgan fingerprint density at radius 3 is 3.00 bits per heavy atom. The van der Waals surface area contributed by atoms with E-state index in [1.807, 2.05) is 24.3 Å². The monoisotopic (exact) mass is 253 g/mol. The van der Waals surface area contributed by atoms with E-state index in [1.54, 1.807) is 0 Å². The summed E-state index contributed by atoms with van der Waals surface area (Å²) >= 11 is 5.76. The minimum absolute atomic E-state index is 0.0150. The summed E-state index contributed by atoms with van der Waals surface area (Å²) in [4.78, 5) is 11.7. The fourth-order valence-corrected chi connectivity index (χ4v) is 2.08. The van der Waals surface area contributed by atoms with Crippen molar-refractivity contribution in [2.24, 2.45) is 0 Å². The highest BCUT2D eigenvalue weighted by atomic mass is 35.5. The summed E-state index contributed by atoms with van der Waals surface area (Å²) in [5.41, 5.74) is 2.13. The summed E-state index contributed by atoms with van der Waals surface area (Å²) in [6.07, 6.45) is 1.54. The van der Waals surface area contributed by atoms with Gasteiger partial charge in [0.1, 0.15) is 6.10 Å². The van der Waals surface area contributed by atoms with Gasteiger partial charge >= 0.3 is 0 Å². The molecule has 1 aliphatic heterocycles. The van der Waals surface area contributed by atoms with Crippen LogP contribution in [0.1, 0.15) is 24.0 Å². The van der Waals surface area contributed by atoms with E-state index >= 15 is 0 Å². The molecule has 1 saturated heterocycles. The van der Waals surface area contributed by atoms with Crippen LogP contribution in [0.15, 0.2) is 24.3 Å². The van der Waals surface area contributed by atoms with Crippen molar-refractivity contribution in [2.75, 3.05) is 6.61 Å². The SMILES string of the molecule is O=C(NCc1cccc(CCl)c1)C1CCCO1. The average Bonchev–Trinajstić information content (AvgIpc) is 2.90. The van der Waals surface area contributed by atoms with E-state index in [2.05, 4.69) is 5.32 Å². The van der Waals surface area contributed by atoms with Gasteiger partial charge in [0, 0.05) is 19.0 Å². The predicted molar refractivity (Wildman–Crippen MR) is 66.8 cm³/mol. The van der Waals surface area contributed by atoms with Crippen molar-refractivity contribution in [1.29, 1.82) is 0 Å². The number of rotatable bonds is 4. The molecule has 92 valence electrons. The molecule has 1 heterocycles. The zero-order chi connectivity index (χ0) is 12.1. The van der Waals surface area contributed by atoms with Gasteiger partial charge in [-0.25, -0.2) is 0 Å². The molecule has 1 aromatic rings. The number of carbonyl (C=O) groups excluding carboxylic acids is 1. The molecule has 0 radical (unpaired) electrons. The summed E-state index contributed by atoms with van der Waals surface area (Å²) < 4.78 is 5.31. The highest BCUT2D eigenvalue weighted by molar-refractivity contribution is 6.17. The third-order valence-electron chi connectivity index (χ3n) is 2.83. The van der Waals surface area contributed by atoms with Gasteiger partial charge in [-0.1, -0.05) is 24.3 Å². The summed E-state index contributed by atoms with van der Waals surface area (Å²) in [5.74, 6) is 0.479. The van der Waals surface area contributed by atoms with E-state index < -0.39 is 0 Å². The molecule has 0 aliphatic carbocycles. The normalized spacial score (nSPS) is 19.2. The van der Waals surface area contributed by atoms with Gasteiger partial charge in [0.25, 0.3) is 0 Å². The number of hydrogen-bond acceptors (Lipinski definition) is 2. The molecule has 1 atom stereocenters. The zero-order valence-corrected chi connectivity index (χ0v) is 10.4. The van der Waals surface area contributed by atoms with E-state index in [0.29, 0.717) is 19.0 Å². The summed E-state index contributed by atoms with van der Waals surface area (Å²) in [7, 11) is 0. The van der Waals surface area contributed by atoms with Crippen LogP contribution in [-0.2, 0) is 22.0 Å². The van der Waals surface area contributed by atoms with Crippen molar-refractivity contribution in [3.63, 3.8) is 0 Å². The van der Waals surface area contributed by atoms with E-state index in [4.69, 9.17) is 16.3 Å². The fourth-order valence-electron chi connectivity index (χ4n) is 1.91. The molecule has 2 rings (SSSR count). The Bertz CT molecular complexity index is 389. The van der Waals surface area contributed by atoms with Crippen LogP contribution in [0.2, 0.25) is 0 Å². The van der Waals surface area contributed by atoms with Crippen molar-refractivity contribution in [3.05, 3.63) is 35.4 Å². The number of ether oxygens (including phenoxy) is 1. The standard InChI is InChI=1S/C13H16ClNO2/c14-8-10-3-1-4-11(7-10)9-15-13(16)12-5-2-6-17-12/h1,3-4,7,12H,2,5-6,8-9H2,(H,15,16). The van der Waals surface area contributed by atoms with Gasteiger partial charge in [0.15, 0.2) is 0 Å². The van der Waals surface area contributed by atoms with Crippen LogP contribution in [0, 0.1) is 0 Å². The van der Waals surface area contributed by atoms with Crippen molar-refractivity contribution in [1.82, 2.24) is 5.32 Å². The Hall–Kier alpha value is -1.06. The van der Waals surface area contributed by atoms with Crippen LogP contribution in [0.5, 0.6) is 0 Å². The first-order valence-electron chi connectivity index (χ1n) is 5.82. The van der Waals surface area contributed by atoms with Crippen molar-refractivity contribution >= 4 is 17.5 Å². The summed E-state index contributed by atoms with van der Waals surface area (Å²) in [6, 6.07) is 7.90. The number of nitrogens with one attached hydrogen (secondary N) is 1. The second-order valence-electron chi connectivity index (χ2n) is 4.17. The maximum Gasteiger partial charge on any atom is 0.249 e. The number of amides is 1. The second kappa shape index (κ2) is 6.03. The fraction of sp³-hybridized carbons (Fsp3) is 0.462. The van der Waals surface area contributed by atoms with E-state index in [1.165, 1.54) is 0 Å². The van der Waals surface area contributed by atoms with Gasteiger partial charge in [-0.05, 0) is 24.0 Å². The summed E-state index contributed by atoms with van der Waals surface area (Å²) in [5, 5.41) is 2.89. The molecule has 0 saturated carbocycles. The van der Waals surface area contributed by atoms with Crippen LogP contribution < -0.4 is 5.32 Å². The quantitative estimate of drug-likeness (QED) is 0.836. The first-order chi connectivity index (χ1) is 8.29. The molecular formula is C13H16ClNO2. The molecule has 0 bridgehead atoms. The van der Waals surface area contributed by atoms with Crippen molar-refractivity contribution in [3.8, 4) is 0 Å². The maximum atomic E-state index is 11.7. The first kappa shape index (κ1) is 12.4. The number of halogens is 1. The third-order valence-corrected chi connectivity index (χ3v) is 3.14. The number of carbonyl (C=O) groups is 1. The summed E-state index contributed by atoms with van der Waals surface area (Å²) in [6.45, 7) is 1.23. The molecule has 4 heteroatoms. The molecular weight excluding hydrogens is 238 g/mol. The topological polar surface area (TPSA) is 38.3 Å². The van der Waals surface area contributed by atoms with Crippen LogP contribution in [0.25, 0.3) is 0 Å². The highest BCUT2D eigenvalue weighted by Gasteiger charge is 2.22. The molecule has 1 unspecified atom stereocenters. The number of alkyl halides is 1. The lowest BCUT2D eigenvalue weighted by molar-refractivity contribution is -0.130. The van der Waals surface area contributed by atoms with Gasteiger partial charge in [-0.15, -0.1) is 11.6 Å². The lowest BCUT2D eigenvalue weighted by atomic mass is 10.1. The van der Waals surface area contributed by atoms with Crippen molar-refractivity contribution in [2.45, 2.75) is 31.4 Å². The van der Waals surface area contributed by atoms with Crippen molar-refractivity contribution < 1.29 is 9.53 Å². The molecule has 1 aromatic carbocycles. The Labute approximate surface area is 106 Å². The van der Waals surface area contributed by atoms with Gasteiger partial charge in [0.2, 0.25) is 5.91 Å². The lowest BCUT2D eigenvalue weighted by Gasteiger charge is -2.10. The molecule has 1 aliphatic rings. The smallest absolute Gasteiger partial charge is 0.249 e. The Balaban J connectivity index is 1.86. The molecule has 0 spiro atoms. The van der Waals surface area contributed by atoms with Gasteiger partial charge in [-0.3, -0.25) is 4.79 Å². The number of benzene rings is 1. The molecule has 1 amide bonds. The molecule has 1 fully saturated rings. The first-order valence-corrected chi connectivity index (χ1v) is 6.36. The molecule has 0 aromatic heterocycles. The van der Waals surface area contributed by atoms with Crippen LogP contribution in [0.4, 0.5) is 0 Å². The van der Waals surface area contributed by atoms with E-state index in [9.17, 15) is 4.79 Å². The van der Waals surface area contributed by atoms with Crippen LogP contribution in [-0.4, -0.2) is 18.6 Å². The van der Waals surface area contributed by atoms with E-state index in [0.717, 1.165) is 24.0 Å². The highest BCUT2D eigenvalue weighted by Crippen LogP contribution is 2.12. The number of hydrogen-bond donors (Lipinski definition) is 1. The predicted octanol–water partition coefficient (Wildman–Crippen LogP) is 2.22. The largest absolute Gasteiger partial charge is 0.368 e. The third kappa shape index (κ3) is 3.45. The zero-order valence-electron chi connectivity index (χ0n) is 9.62. The van der Waals surface area contributed by atoms with Gasteiger partial charge in [-0.2, -0.15) is 0 Å². The Kier molecular flexibility index (Phi) is 4.40. The second-order valence-corrected chi connectivity index (χ2v) is 4.44. The Morgan fingerprint density at radius 1 is 1.47 bits per heavy atom. The molecule has 3 nitrogen and oxygen atoms in total. The molecule has 17 heavy (non-hydrogen) atoms.